The molecule has 3 aromatic rings. The predicted molar refractivity (Wildman–Crippen MR) is 102 cm³/mol. The second kappa shape index (κ2) is 7.12. The Balaban J connectivity index is 1.58. The van der Waals surface area contributed by atoms with Gasteiger partial charge in [0, 0.05) is 12.0 Å². The topological polar surface area (TPSA) is 21.3 Å². The van der Waals surface area contributed by atoms with Crippen molar-refractivity contribution in [1.29, 1.82) is 0 Å². The van der Waals surface area contributed by atoms with E-state index in [1.54, 1.807) is 0 Å². The highest BCUT2D eigenvalue weighted by molar-refractivity contribution is 5.43. The molecule has 2 atom stereocenters. The van der Waals surface area contributed by atoms with E-state index >= 15 is 0 Å². The van der Waals surface area contributed by atoms with E-state index in [1.165, 1.54) is 29.5 Å². The Morgan fingerprint density at radius 1 is 0.720 bits per heavy atom. The first kappa shape index (κ1) is 15.9. The molecule has 0 spiro atoms. The Morgan fingerprint density at radius 2 is 1.36 bits per heavy atom. The van der Waals surface area contributed by atoms with Gasteiger partial charge < -0.3 is 10.1 Å². The fourth-order valence-corrected chi connectivity index (χ4v) is 3.83. The van der Waals surface area contributed by atoms with Crippen LogP contribution >= 0.6 is 0 Å². The summed E-state index contributed by atoms with van der Waals surface area (Å²) in [5.41, 5.74) is 4.25. The van der Waals surface area contributed by atoms with Crippen LogP contribution in [0, 0.1) is 0 Å². The SMILES string of the molecule is CN[C@@H]1CC[C@@H](c2ccc(Oc3ccccc3)cc2)c2ccccc21. The fourth-order valence-electron chi connectivity index (χ4n) is 3.83. The average Bonchev–Trinajstić information content (AvgIpc) is 2.69. The minimum Gasteiger partial charge on any atom is -0.457 e. The maximum absolute atomic E-state index is 5.91. The number of nitrogens with one attached hydrogen (secondary N) is 1. The summed E-state index contributed by atoms with van der Waals surface area (Å²) in [6, 6.07) is 27.8. The summed E-state index contributed by atoms with van der Waals surface area (Å²) in [5.74, 6) is 2.22. The maximum atomic E-state index is 5.91. The van der Waals surface area contributed by atoms with Crippen molar-refractivity contribution >= 4 is 0 Å². The molecule has 0 saturated heterocycles. The normalized spacial score (nSPS) is 19.2. The standard InChI is InChI=1S/C23H23NO/c1-24-23-16-15-20(21-9-5-6-10-22(21)23)17-11-13-19(14-12-17)25-18-7-3-2-4-8-18/h2-14,20,23-24H,15-16H2,1H3/t20-,23+/m0/s1. The van der Waals surface area contributed by atoms with Gasteiger partial charge in [-0.05, 0) is 60.8 Å². The molecular weight excluding hydrogens is 306 g/mol. The van der Waals surface area contributed by atoms with Crippen molar-refractivity contribution in [3.05, 3.63) is 95.6 Å². The van der Waals surface area contributed by atoms with Crippen molar-refractivity contribution in [3.63, 3.8) is 0 Å². The monoisotopic (exact) mass is 329 g/mol. The number of para-hydroxylation sites is 1. The van der Waals surface area contributed by atoms with E-state index in [2.05, 4.69) is 60.9 Å². The van der Waals surface area contributed by atoms with Gasteiger partial charge in [-0.1, -0.05) is 54.6 Å². The highest BCUT2D eigenvalue weighted by Crippen LogP contribution is 2.41. The van der Waals surface area contributed by atoms with Gasteiger partial charge in [-0.2, -0.15) is 0 Å². The van der Waals surface area contributed by atoms with Crippen LogP contribution < -0.4 is 10.1 Å². The maximum Gasteiger partial charge on any atom is 0.127 e. The zero-order chi connectivity index (χ0) is 17.1. The van der Waals surface area contributed by atoms with Crippen molar-refractivity contribution in [2.45, 2.75) is 24.8 Å². The molecule has 2 nitrogen and oxygen atoms in total. The summed E-state index contributed by atoms with van der Waals surface area (Å²) in [7, 11) is 2.05. The minimum atomic E-state index is 0.464. The predicted octanol–water partition coefficient (Wildman–Crippen LogP) is 5.67. The zero-order valence-corrected chi connectivity index (χ0v) is 14.5. The highest BCUT2D eigenvalue weighted by Gasteiger charge is 2.26. The van der Waals surface area contributed by atoms with E-state index in [9.17, 15) is 0 Å². The minimum absolute atomic E-state index is 0.464. The Morgan fingerprint density at radius 3 is 2.08 bits per heavy atom. The molecule has 0 aromatic heterocycles. The van der Waals surface area contributed by atoms with Crippen LogP contribution in [0.3, 0.4) is 0 Å². The van der Waals surface area contributed by atoms with Gasteiger partial charge in [0.05, 0.1) is 0 Å². The molecule has 1 aliphatic carbocycles. The molecule has 25 heavy (non-hydrogen) atoms. The lowest BCUT2D eigenvalue weighted by Crippen LogP contribution is -2.24. The van der Waals surface area contributed by atoms with E-state index in [-0.39, 0.29) is 0 Å². The van der Waals surface area contributed by atoms with E-state index in [4.69, 9.17) is 4.74 Å². The van der Waals surface area contributed by atoms with Crippen LogP contribution in [0.1, 0.15) is 41.5 Å². The number of rotatable bonds is 4. The van der Waals surface area contributed by atoms with Gasteiger partial charge in [-0.15, -0.1) is 0 Å². The van der Waals surface area contributed by atoms with Crippen LogP contribution in [0.4, 0.5) is 0 Å². The third kappa shape index (κ3) is 3.31. The van der Waals surface area contributed by atoms with E-state index in [1.807, 2.05) is 30.3 Å². The van der Waals surface area contributed by atoms with E-state index in [0.29, 0.717) is 12.0 Å². The number of benzene rings is 3. The summed E-state index contributed by atoms with van der Waals surface area (Å²) in [5, 5.41) is 3.45. The molecule has 2 heteroatoms. The molecule has 0 aliphatic heterocycles. The molecule has 0 fully saturated rings. The Bertz CT molecular complexity index is 826. The largest absolute Gasteiger partial charge is 0.457 e. The van der Waals surface area contributed by atoms with Gasteiger partial charge in [0.25, 0.3) is 0 Å². The molecular formula is C23H23NO. The molecule has 1 N–H and O–H groups in total. The van der Waals surface area contributed by atoms with Crippen LogP contribution in [0.15, 0.2) is 78.9 Å². The molecule has 0 heterocycles. The summed E-state index contributed by atoms with van der Waals surface area (Å²) >= 11 is 0. The van der Waals surface area contributed by atoms with Crippen molar-refractivity contribution in [2.24, 2.45) is 0 Å². The molecule has 3 aromatic carbocycles. The van der Waals surface area contributed by atoms with Crippen molar-refractivity contribution in [3.8, 4) is 11.5 Å². The lowest BCUT2D eigenvalue weighted by atomic mass is 9.77. The third-order valence-corrected chi connectivity index (χ3v) is 5.10. The quantitative estimate of drug-likeness (QED) is 0.666. The molecule has 0 unspecified atom stereocenters. The average molecular weight is 329 g/mol. The van der Waals surface area contributed by atoms with Gasteiger partial charge in [0.2, 0.25) is 0 Å². The molecule has 0 saturated carbocycles. The lowest BCUT2D eigenvalue weighted by Gasteiger charge is -2.31. The second-order valence-corrected chi connectivity index (χ2v) is 6.58. The van der Waals surface area contributed by atoms with Gasteiger partial charge in [0.15, 0.2) is 0 Å². The lowest BCUT2D eigenvalue weighted by molar-refractivity contribution is 0.468. The zero-order valence-electron chi connectivity index (χ0n) is 14.5. The first-order chi connectivity index (χ1) is 12.3. The van der Waals surface area contributed by atoms with Crippen molar-refractivity contribution in [1.82, 2.24) is 5.32 Å². The molecule has 0 radical (unpaired) electrons. The Kier molecular flexibility index (Phi) is 4.53. The van der Waals surface area contributed by atoms with Crippen molar-refractivity contribution < 1.29 is 4.74 Å². The summed E-state index contributed by atoms with van der Waals surface area (Å²) < 4.78 is 5.91. The van der Waals surface area contributed by atoms with Gasteiger partial charge in [0.1, 0.15) is 11.5 Å². The smallest absolute Gasteiger partial charge is 0.127 e. The number of ether oxygens (including phenoxy) is 1. The Labute approximate surface area is 149 Å². The Hall–Kier alpha value is -2.58. The van der Waals surface area contributed by atoms with Crippen LogP contribution in [0.25, 0.3) is 0 Å². The summed E-state index contributed by atoms with van der Waals surface area (Å²) in [6.45, 7) is 0. The van der Waals surface area contributed by atoms with Gasteiger partial charge in [-0.3, -0.25) is 0 Å². The molecule has 0 bridgehead atoms. The van der Waals surface area contributed by atoms with E-state index in [0.717, 1.165) is 11.5 Å². The highest BCUT2D eigenvalue weighted by atomic mass is 16.5. The van der Waals surface area contributed by atoms with Crippen LogP contribution in [0.2, 0.25) is 0 Å². The van der Waals surface area contributed by atoms with Crippen LogP contribution in [-0.4, -0.2) is 7.05 Å². The molecule has 126 valence electrons. The van der Waals surface area contributed by atoms with Gasteiger partial charge >= 0.3 is 0 Å². The molecule has 0 amide bonds. The first-order valence-electron chi connectivity index (χ1n) is 8.94. The van der Waals surface area contributed by atoms with Crippen molar-refractivity contribution in [2.75, 3.05) is 7.05 Å². The third-order valence-electron chi connectivity index (χ3n) is 5.10. The summed E-state index contributed by atoms with van der Waals surface area (Å²) in [6.07, 6.45) is 2.34. The number of fused-ring (bicyclic) bond motifs is 1. The molecule has 4 rings (SSSR count). The van der Waals surface area contributed by atoms with Crippen LogP contribution in [-0.2, 0) is 0 Å². The first-order valence-corrected chi connectivity index (χ1v) is 8.94. The van der Waals surface area contributed by atoms with Gasteiger partial charge in [-0.25, -0.2) is 0 Å². The second-order valence-electron chi connectivity index (χ2n) is 6.58. The van der Waals surface area contributed by atoms with Crippen LogP contribution in [0.5, 0.6) is 11.5 Å². The number of hydrogen-bond acceptors (Lipinski definition) is 2. The molecule has 1 aliphatic rings. The fraction of sp³-hybridized carbons (Fsp3) is 0.217. The number of hydrogen-bond donors (Lipinski definition) is 1. The van der Waals surface area contributed by atoms with E-state index < -0.39 is 0 Å². The summed E-state index contributed by atoms with van der Waals surface area (Å²) in [4.78, 5) is 0.